The summed E-state index contributed by atoms with van der Waals surface area (Å²) >= 11 is 0. The molecule has 2 aliphatic rings. The summed E-state index contributed by atoms with van der Waals surface area (Å²) in [6, 6.07) is 6.65. The van der Waals surface area contributed by atoms with Crippen molar-refractivity contribution >= 4 is 11.9 Å². The summed E-state index contributed by atoms with van der Waals surface area (Å²) in [4.78, 5) is 23.5. The van der Waals surface area contributed by atoms with Crippen molar-refractivity contribution in [3.63, 3.8) is 0 Å². The molecule has 6 nitrogen and oxygen atoms in total. The summed E-state index contributed by atoms with van der Waals surface area (Å²) in [7, 11) is 0. The lowest BCUT2D eigenvalue weighted by molar-refractivity contribution is -0.125. The van der Waals surface area contributed by atoms with E-state index in [1.165, 1.54) is 6.07 Å². The second kappa shape index (κ2) is 6.68. The molecule has 0 bridgehead atoms. The molecule has 2 N–H and O–H groups in total. The van der Waals surface area contributed by atoms with Gasteiger partial charge in [0.15, 0.2) is 0 Å². The number of hydrogen-bond acceptors (Lipinski definition) is 4. The summed E-state index contributed by atoms with van der Waals surface area (Å²) in [5.41, 5.74) is 0.452. The van der Waals surface area contributed by atoms with Gasteiger partial charge in [-0.1, -0.05) is 18.2 Å². The molecule has 0 saturated carbocycles. The van der Waals surface area contributed by atoms with E-state index in [2.05, 4.69) is 5.32 Å². The molecule has 1 amide bonds. The summed E-state index contributed by atoms with van der Waals surface area (Å²) in [5.74, 6) is -1.17. The van der Waals surface area contributed by atoms with E-state index in [-0.39, 0.29) is 29.5 Å². The molecule has 2 unspecified atom stereocenters. The molecule has 6 heteroatoms. The monoisotopic (exact) mass is 319 g/mol. The molecular formula is C17H21NO5. The van der Waals surface area contributed by atoms with Crippen molar-refractivity contribution in [2.24, 2.45) is 0 Å². The smallest absolute Gasteiger partial charge is 0.335 e. The molecule has 1 aromatic carbocycles. The van der Waals surface area contributed by atoms with Crippen LogP contribution in [-0.4, -0.2) is 48.4 Å². The molecule has 1 aromatic rings. The number of carboxylic acids is 1. The molecule has 2 atom stereocenters. The number of carbonyl (C=O) groups excluding carboxylic acids is 1. The van der Waals surface area contributed by atoms with Crippen LogP contribution in [0.25, 0.3) is 0 Å². The van der Waals surface area contributed by atoms with Crippen LogP contribution in [0.5, 0.6) is 0 Å². The third-order valence-corrected chi connectivity index (χ3v) is 4.52. The van der Waals surface area contributed by atoms with Crippen LogP contribution in [0.4, 0.5) is 0 Å². The lowest BCUT2D eigenvalue weighted by Gasteiger charge is -2.37. The maximum absolute atomic E-state index is 12.3. The number of rotatable bonds is 4. The zero-order chi connectivity index (χ0) is 16.3. The predicted octanol–water partition coefficient (Wildman–Crippen LogP) is 1.38. The zero-order valence-electron chi connectivity index (χ0n) is 12.9. The van der Waals surface area contributed by atoms with Gasteiger partial charge in [-0.05, 0) is 24.5 Å². The summed E-state index contributed by atoms with van der Waals surface area (Å²) < 4.78 is 11.3. The third kappa shape index (κ3) is 3.71. The number of carboxylic acid groups (broad SMARTS) is 1. The minimum atomic E-state index is -1.01. The fourth-order valence-electron chi connectivity index (χ4n) is 3.35. The summed E-state index contributed by atoms with van der Waals surface area (Å²) in [6.45, 7) is 1.90. The van der Waals surface area contributed by atoms with Gasteiger partial charge in [-0.25, -0.2) is 4.79 Å². The fourth-order valence-corrected chi connectivity index (χ4v) is 3.35. The van der Waals surface area contributed by atoms with E-state index >= 15 is 0 Å². The lowest BCUT2D eigenvalue weighted by Crippen LogP contribution is -2.49. The first-order valence-corrected chi connectivity index (χ1v) is 7.90. The highest BCUT2D eigenvalue weighted by atomic mass is 16.6. The van der Waals surface area contributed by atoms with E-state index in [1.54, 1.807) is 18.2 Å². The number of amides is 1. The van der Waals surface area contributed by atoms with E-state index in [1.807, 2.05) is 0 Å². The van der Waals surface area contributed by atoms with Crippen LogP contribution in [0, 0.1) is 0 Å². The zero-order valence-corrected chi connectivity index (χ0v) is 12.9. The number of carbonyl (C=O) groups is 2. The second-order valence-corrected chi connectivity index (χ2v) is 6.23. The fraction of sp³-hybridized carbons (Fsp3) is 0.529. The van der Waals surface area contributed by atoms with Crippen molar-refractivity contribution in [1.82, 2.24) is 5.32 Å². The Kier molecular flexibility index (Phi) is 4.63. The van der Waals surface area contributed by atoms with E-state index in [0.717, 1.165) is 19.3 Å². The number of benzene rings is 1. The van der Waals surface area contributed by atoms with E-state index in [9.17, 15) is 14.7 Å². The normalized spacial score (nSPS) is 27.0. The molecular weight excluding hydrogens is 298 g/mol. The lowest BCUT2D eigenvalue weighted by atomic mass is 9.89. The first-order chi connectivity index (χ1) is 11.1. The van der Waals surface area contributed by atoms with Gasteiger partial charge in [0.2, 0.25) is 5.91 Å². The molecule has 2 fully saturated rings. The first kappa shape index (κ1) is 16.0. The largest absolute Gasteiger partial charge is 0.478 e. The van der Waals surface area contributed by atoms with Gasteiger partial charge >= 0.3 is 5.97 Å². The van der Waals surface area contributed by atoms with Crippen molar-refractivity contribution < 1.29 is 24.2 Å². The van der Waals surface area contributed by atoms with Gasteiger partial charge in [0.05, 0.1) is 24.2 Å². The first-order valence-electron chi connectivity index (χ1n) is 7.90. The van der Waals surface area contributed by atoms with Crippen molar-refractivity contribution in [1.29, 1.82) is 0 Å². The maximum Gasteiger partial charge on any atom is 0.335 e. The second-order valence-electron chi connectivity index (χ2n) is 6.23. The molecule has 2 aliphatic heterocycles. The van der Waals surface area contributed by atoms with Gasteiger partial charge in [-0.3, -0.25) is 4.79 Å². The highest BCUT2D eigenvalue weighted by Gasteiger charge is 2.41. The molecule has 3 rings (SSSR count). The Bertz CT molecular complexity index is 594. The quantitative estimate of drug-likeness (QED) is 0.876. The van der Waals surface area contributed by atoms with Crippen LogP contribution in [0.3, 0.4) is 0 Å². The van der Waals surface area contributed by atoms with Crippen molar-refractivity contribution in [3.05, 3.63) is 35.4 Å². The molecule has 0 aromatic heterocycles. The number of aromatic carboxylic acids is 1. The van der Waals surface area contributed by atoms with Crippen LogP contribution in [0.2, 0.25) is 0 Å². The van der Waals surface area contributed by atoms with Gasteiger partial charge in [0, 0.05) is 25.7 Å². The molecule has 0 radical (unpaired) electrons. The highest BCUT2D eigenvalue weighted by Crippen LogP contribution is 2.32. The average Bonchev–Trinajstić information content (AvgIpc) is 2.95. The van der Waals surface area contributed by atoms with Gasteiger partial charge in [-0.15, -0.1) is 0 Å². The van der Waals surface area contributed by atoms with Crippen molar-refractivity contribution in [2.45, 2.75) is 37.3 Å². The van der Waals surface area contributed by atoms with Crippen molar-refractivity contribution in [3.8, 4) is 0 Å². The minimum absolute atomic E-state index is 0.0509. The Labute approximate surface area is 134 Å². The number of ether oxygens (including phenoxy) is 2. The van der Waals surface area contributed by atoms with E-state index in [0.29, 0.717) is 25.4 Å². The van der Waals surface area contributed by atoms with E-state index < -0.39 is 5.97 Å². The molecule has 2 heterocycles. The number of nitrogens with one attached hydrogen (secondary N) is 1. The van der Waals surface area contributed by atoms with Gasteiger partial charge in [0.25, 0.3) is 0 Å². The van der Waals surface area contributed by atoms with Gasteiger partial charge in [0.1, 0.15) is 0 Å². The van der Waals surface area contributed by atoms with Crippen molar-refractivity contribution in [2.75, 3.05) is 19.8 Å². The number of hydrogen-bond donors (Lipinski definition) is 2. The van der Waals surface area contributed by atoms with Gasteiger partial charge < -0.3 is 19.9 Å². The van der Waals surface area contributed by atoms with Crippen LogP contribution < -0.4 is 5.32 Å². The summed E-state index contributed by atoms with van der Waals surface area (Å²) in [6.07, 6.45) is 2.46. The van der Waals surface area contributed by atoms with Crippen LogP contribution in [-0.2, 0) is 20.7 Å². The summed E-state index contributed by atoms with van der Waals surface area (Å²) in [5, 5.41) is 12.2. The molecule has 23 heavy (non-hydrogen) atoms. The Balaban J connectivity index is 1.60. The van der Waals surface area contributed by atoms with Crippen LogP contribution in [0.15, 0.2) is 24.3 Å². The van der Waals surface area contributed by atoms with Crippen LogP contribution in [0.1, 0.15) is 35.2 Å². The Morgan fingerprint density at radius 3 is 2.87 bits per heavy atom. The Morgan fingerprint density at radius 1 is 1.30 bits per heavy atom. The third-order valence-electron chi connectivity index (χ3n) is 4.52. The minimum Gasteiger partial charge on any atom is -0.478 e. The maximum atomic E-state index is 12.3. The molecule has 124 valence electrons. The Morgan fingerprint density at radius 2 is 2.13 bits per heavy atom. The molecule has 2 saturated heterocycles. The SMILES string of the molecule is O=C(Cc1ccccc1C(=O)O)NC1CCOC2(CCOC2)C1. The predicted molar refractivity (Wildman–Crippen MR) is 82.4 cm³/mol. The Hall–Kier alpha value is -1.92. The molecule has 0 aliphatic carbocycles. The topological polar surface area (TPSA) is 84.9 Å². The standard InChI is InChI=1S/C17H21NO5/c19-15(9-12-3-1-2-4-14(12)16(20)21)18-13-5-7-23-17(10-13)6-8-22-11-17/h1-4,13H,5-11H2,(H,18,19)(H,20,21). The highest BCUT2D eigenvalue weighted by molar-refractivity contribution is 5.91. The average molecular weight is 319 g/mol. The van der Waals surface area contributed by atoms with Crippen LogP contribution >= 0.6 is 0 Å². The molecule has 1 spiro atoms. The van der Waals surface area contributed by atoms with Gasteiger partial charge in [-0.2, -0.15) is 0 Å². The van der Waals surface area contributed by atoms with E-state index in [4.69, 9.17) is 9.47 Å².